The number of primary amides is 1. The number of rotatable bonds is 6. The second kappa shape index (κ2) is 6.53. The van der Waals surface area contributed by atoms with Gasteiger partial charge in [-0.2, -0.15) is 0 Å². The van der Waals surface area contributed by atoms with Crippen LogP contribution in [0.15, 0.2) is 6.20 Å². The summed E-state index contributed by atoms with van der Waals surface area (Å²) in [6, 6.07) is -0.633. The third kappa shape index (κ3) is 4.41. The maximum Gasteiger partial charge on any atom is 0.356 e. The molecule has 0 fully saturated rings. The summed E-state index contributed by atoms with van der Waals surface area (Å²) < 4.78 is 0. The zero-order valence-electron chi connectivity index (χ0n) is 10.8. The Kier molecular flexibility index (Phi) is 5.04. The fraction of sp³-hybridized carbons (Fsp3) is 0.455. The highest BCUT2D eigenvalue weighted by Gasteiger charge is 2.15. The van der Waals surface area contributed by atoms with Crippen molar-refractivity contribution in [3.05, 3.63) is 17.7 Å². The van der Waals surface area contributed by atoms with Gasteiger partial charge >= 0.3 is 12.0 Å². The van der Waals surface area contributed by atoms with E-state index >= 15 is 0 Å². The summed E-state index contributed by atoms with van der Waals surface area (Å²) in [5.74, 6) is -0.614. The number of carbonyl (C=O) groups excluding carboxylic acids is 1. The molecule has 0 aliphatic rings. The zero-order chi connectivity index (χ0) is 14.4. The molecular formula is C11H17N5O3. The van der Waals surface area contributed by atoms with Crippen LogP contribution in [0.4, 0.5) is 10.5 Å². The summed E-state index contributed by atoms with van der Waals surface area (Å²) >= 11 is 0. The summed E-state index contributed by atoms with van der Waals surface area (Å²) in [7, 11) is 0. The van der Waals surface area contributed by atoms with Crippen molar-refractivity contribution >= 4 is 17.7 Å². The SMILES string of the molecule is CC(C)c1ncc(NCCNC(N)=O)c(C(=O)O)n1. The van der Waals surface area contributed by atoms with Gasteiger partial charge in [0.1, 0.15) is 5.82 Å². The van der Waals surface area contributed by atoms with E-state index in [2.05, 4.69) is 20.6 Å². The van der Waals surface area contributed by atoms with Gasteiger partial charge in [-0.1, -0.05) is 13.8 Å². The Morgan fingerprint density at radius 3 is 2.63 bits per heavy atom. The molecule has 19 heavy (non-hydrogen) atoms. The van der Waals surface area contributed by atoms with E-state index in [1.54, 1.807) is 0 Å². The number of amides is 2. The smallest absolute Gasteiger partial charge is 0.356 e. The van der Waals surface area contributed by atoms with Gasteiger partial charge in [-0.05, 0) is 0 Å². The molecule has 0 saturated heterocycles. The van der Waals surface area contributed by atoms with Gasteiger partial charge in [0.25, 0.3) is 0 Å². The number of carboxylic acid groups (broad SMARTS) is 1. The Hall–Kier alpha value is -2.38. The summed E-state index contributed by atoms with van der Waals surface area (Å²) in [5, 5.41) is 14.3. The van der Waals surface area contributed by atoms with Crippen molar-refractivity contribution in [2.75, 3.05) is 18.4 Å². The van der Waals surface area contributed by atoms with Crippen molar-refractivity contribution in [3.8, 4) is 0 Å². The number of aromatic carboxylic acids is 1. The molecule has 1 aromatic rings. The van der Waals surface area contributed by atoms with Gasteiger partial charge in [0.2, 0.25) is 0 Å². The fourth-order valence-electron chi connectivity index (χ4n) is 1.35. The van der Waals surface area contributed by atoms with Crippen LogP contribution in [0.2, 0.25) is 0 Å². The van der Waals surface area contributed by atoms with E-state index in [-0.39, 0.29) is 18.2 Å². The van der Waals surface area contributed by atoms with Crippen LogP contribution >= 0.6 is 0 Å². The average molecular weight is 267 g/mol. The molecule has 0 aliphatic carbocycles. The molecule has 5 N–H and O–H groups in total. The van der Waals surface area contributed by atoms with Gasteiger partial charge in [0.05, 0.1) is 11.9 Å². The highest BCUT2D eigenvalue weighted by molar-refractivity contribution is 5.91. The van der Waals surface area contributed by atoms with Crippen molar-refractivity contribution in [1.29, 1.82) is 0 Å². The lowest BCUT2D eigenvalue weighted by Gasteiger charge is -2.11. The minimum Gasteiger partial charge on any atom is -0.476 e. The molecule has 0 spiro atoms. The molecule has 1 aromatic heterocycles. The van der Waals surface area contributed by atoms with Crippen LogP contribution in [0.3, 0.4) is 0 Å². The number of nitrogens with two attached hydrogens (primary N) is 1. The Balaban J connectivity index is 2.77. The molecule has 1 heterocycles. The van der Waals surface area contributed by atoms with Gasteiger partial charge in [-0.15, -0.1) is 0 Å². The van der Waals surface area contributed by atoms with E-state index < -0.39 is 12.0 Å². The quantitative estimate of drug-likeness (QED) is 0.551. The van der Waals surface area contributed by atoms with Gasteiger partial charge < -0.3 is 21.5 Å². The lowest BCUT2D eigenvalue weighted by atomic mass is 10.2. The number of hydrogen-bond acceptors (Lipinski definition) is 5. The van der Waals surface area contributed by atoms with Crippen molar-refractivity contribution in [3.63, 3.8) is 0 Å². The van der Waals surface area contributed by atoms with Crippen LogP contribution in [0.25, 0.3) is 0 Å². The lowest BCUT2D eigenvalue weighted by molar-refractivity contribution is 0.0691. The van der Waals surface area contributed by atoms with Crippen molar-refractivity contribution in [1.82, 2.24) is 15.3 Å². The number of nitrogens with zero attached hydrogens (tertiary/aromatic N) is 2. The van der Waals surface area contributed by atoms with E-state index in [0.29, 0.717) is 18.1 Å². The van der Waals surface area contributed by atoms with Crippen LogP contribution in [0.5, 0.6) is 0 Å². The first-order valence-electron chi connectivity index (χ1n) is 5.79. The number of hydrogen-bond donors (Lipinski definition) is 4. The van der Waals surface area contributed by atoms with Crippen LogP contribution in [0.1, 0.15) is 36.1 Å². The minimum absolute atomic E-state index is 0.0451. The van der Waals surface area contributed by atoms with Crippen LogP contribution in [-0.4, -0.2) is 40.2 Å². The second-order valence-corrected chi connectivity index (χ2v) is 4.17. The molecule has 0 unspecified atom stereocenters. The van der Waals surface area contributed by atoms with E-state index in [4.69, 9.17) is 10.8 Å². The normalized spacial score (nSPS) is 10.3. The highest BCUT2D eigenvalue weighted by atomic mass is 16.4. The molecular weight excluding hydrogens is 250 g/mol. The van der Waals surface area contributed by atoms with Gasteiger partial charge in [-0.25, -0.2) is 19.6 Å². The number of anilines is 1. The molecule has 0 saturated carbocycles. The second-order valence-electron chi connectivity index (χ2n) is 4.17. The molecule has 0 aromatic carbocycles. The molecule has 8 heteroatoms. The number of carbonyl (C=O) groups is 2. The third-order valence-electron chi connectivity index (χ3n) is 2.27. The van der Waals surface area contributed by atoms with Crippen LogP contribution in [0, 0.1) is 0 Å². The molecule has 2 amide bonds. The maximum atomic E-state index is 11.1. The molecule has 0 aliphatic heterocycles. The van der Waals surface area contributed by atoms with E-state index in [9.17, 15) is 9.59 Å². The van der Waals surface area contributed by atoms with Crippen LogP contribution < -0.4 is 16.4 Å². The molecule has 8 nitrogen and oxygen atoms in total. The number of aromatic nitrogens is 2. The number of urea groups is 1. The minimum atomic E-state index is -1.13. The third-order valence-corrected chi connectivity index (χ3v) is 2.27. The topological polar surface area (TPSA) is 130 Å². The summed E-state index contributed by atoms with van der Waals surface area (Å²) in [4.78, 5) is 29.7. The fourth-order valence-corrected chi connectivity index (χ4v) is 1.35. The summed E-state index contributed by atoms with van der Waals surface area (Å²) in [6.45, 7) is 4.36. The lowest BCUT2D eigenvalue weighted by Crippen LogP contribution is -2.33. The number of nitrogens with one attached hydrogen (secondary N) is 2. The van der Waals surface area contributed by atoms with E-state index in [1.165, 1.54) is 6.20 Å². The van der Waals surface area contributed by atoms with E-state index in [0.717, 1.165) is 0 Å². The van der Waals surface area contributed by atoms with Gasteiger partial charge in [0.15, 0.2) is 5.69 Å². The molecule has 0 bridgehead atoms. The predicted molar refractivity (Wildman–Crippen MR) is 69.2 cm³/mol. The first-order valence-corrected chi connectivity index (χ1v) is 5.79. The Morgan fingerprint density at radius 2 is 2.11 bits per heavy atom. The first-order chi connectivity index (χ1) is 8.91. The van der Waals surface area contributed by atoms with Crippen LogP contribution in [-0.2, 0) is 0 Å². The summed E-state index contributed by atoms with van der Waals surface area (Å²) in [6.07, 6.45) is 1.43. The summed E-state index contributed by atoms with van der Waals surface area (Å²) in [5.41, 5.74) is 5.13. The molecule has 104 valence electrons. The average Bonchev–Trinajstić information content (AvgIpc) is 2.34. The number of carboxylic acids is 1. The Bertz CT molecular complexity index is 475. The molecule has 0 radical (unpaired) electrons. The maximum absolute atomic E-state index is 11.1. The monoisotopic (exact) mass is 267 g/mol. The Labute approximate surface area is 110 Å². The Morgan fingerprint density at radius 1 is 1.42 bits per heavy atom. The first kappa shape index (κ1) is 14.7. The molecule has 0 atom stereocenters. The standard InChI is InChI=1S/C11H17N5O3/c1-6(2)9-15-5-7(8(16-9)10(17)18)13-3-4-14-11(12)19/h5-6,13H,3-4H2,1-2H3,(H,17,18)(H3,12,14,19). The van der Waals surface area contributed by atoms with Gasteiger partial charge in [-0.3, -0.25) is 0 Å². The highest BCUT2D eigenvalue weighted by Crippen LogP contribution is 2.15. The zero-order valence-corrected chi connectivity index (χ0v) is 10.8. The predicted octanol–water partition coefficient (Wildman–Crippen LogP) is 0.378. The molecule has 1 rings (SSSR count). The van der Waals surface area contributed by atoms with E-state index in [1.807, 2.05) is 13.8 Å². The largest absolute Gasteiger partial charge is 0.476 e. The van der Waals surface area contributed by atoms with Crippen molar-refractivity contribution in [2.45, 2.75) is 19.8 Å². The van der Waals surface area contributed by atoms with Crippen molar-refractivity contribution in [2.24, 2.45) is 5.73 Å². The van der Waals surface area contributed by atoms with Gasteiger partial charge in [0, 0.05) is 19.0 Å². The van der Waals surface area contributed by atoms with Crippen molar-refractivity contribution < 1.29 is 14.7 Å².